The van der Waals surface area contributed by atoms with E-state index in [-0.39, 0.29) is 41.4 Å². The number of aryl methyl sites for hydroxylation is 2. The number of nitrogens with zero attached hydrogens (tertiary/aromatic N) is 2. The summed E-state index contributed by atoms with van der Waals surface area (Å²) in [6, 6.07) is 6.18. The zero-order chi connectivity index (χ0) is 20.3. The Hall–Kier alpha value is -2.26. The molecule has 1 aliphatic heterocycles. The van der Waals surface area contributed by atoms with Gasteiger partial charge in [0.15, 0.2) is 5.76 Å². The number of hydrogen-bond acceptors (Lipinski definition) is 5. The Bertz CT molecular complexity index is 913. The summed E-state index contributed by atoms with van der Waals surface area (Å²) in [6.07, 6.45) is 1.54. The zero-order valence-corrected chi connectivity index (χ0v) is 16.8. The molecule has 0 bridgehead atoms. The van der Waals surface area contributed by atoms with Gasteiger partial charge in [-0.1, -0.05) is 17.3 Å². The summed E-state index contributed by atoms with van der Waals surface area (Å²) in [5, 5.41) is 6.61. The molecule has 3 rings (SSSR count). The molecule has 1 aliphatic rings. The molecule has 1 amide bonds. The normalized spacial score (nSPS) is 16.2. The second kappa shape index (κ2) is 8.40. The number of hydrogen-bond donors (Lipinski definition) is 1. The molecule has 1 N–H and O–H groups in total. The lowest BCUT2D eigenvalue weighted by Gasteiger charge is -2.30. The third-order valence-corrected chi connectivity index (χ3v) is 7.16. The molecule has 1 fully saturated rings. The zero-order valence-electron chi connectivity index (χ0n) is 15.9. The fourth-order valence-corrected chi connectivity index (χ4v) is 5.22. The van der Waals surface area contributed by atoms with E-state index in [1.807, 2.05) is 0 Å². The molecule has 2 heterocycles. The largest absolute Gasteiger partial charge is 0.360 e. The highest BCUT2D eigenvalue weighted by atomic mass is 32.2. The molecule has 1 saturated heterocycles. The maximum Gasteiger partial charge on any atom is 0.248 e. The molecular weight excluding hydrogens is 385 g/mol. The van der Waals surface area contributed by atoms with Crippen molar-refractivity contribution in [3.05, 3.63) is 47.1 Å². The molecule has 28 heavy (non-hydrogen) atoms. The van der Waals surface area contributed by atoms with Crippen LogP contribution in [0.4, 0.5) is 4.39 Å². The van der Waals surface area contributed by atoms with Gasteiger partial charge in [-0.15, -0.1) is 0 Å². The van der Waals surface area contributed by atoms with Crippen LogP contribution in [0.1, 0.15) is 29.9 Å². The molecule has 0 spiro atoms. The lowest BCUT2D eigenvalue weighted by molar-refractivity contribution is -0.126. The fraction of sp³-hybridized carbons (Fsp3) is 0.474. The number of carbonyl (C=O) groups excluding carboxylic acids is 1. The first-order chi connectivity index (χ1) is 13.3. The topological polar surface area (TPSA) is 92.5 Å². The van der Waals surface area contributed by atoms with Crippen LogP contribution in [0.25, 0.3) is 0 Å². The number of nitrogens with one attached hydrogen (secondary N) is 1. The predicted octanol–water partition coefficient (Wildman–Crippen LogP) is 2.19. The SMILES string of the molecule is Cc1noc(C)c1S(=O)(=O)N1CCC(C(=O)NCCc2ccc(F)cc2)CC1. The number of carbonyl (C=O) groups is 1. The van der Waals surface area contributed by atoms with Gasteiger partial charge in [0.05, 0.1) is 0 Å². The van der Waals surface area contributed by atoms with E-state index in [0.717, 1.165) is 5.56 Å². The number of benzene rings is 1. The minimum Gasteiger partial charge on any atom is -0.360 e. The third-order valence-electron chi connectivity index (χ3n) is 5.02. The van der Waals surface area contributed by atoms with Crippen molar-refractivity contribution in [3.8, 4) is 0 Å². The standard InChI is InChI=1S/C19H24FN3O4S/c1-13-18(14(2)27-22-13)28(25,26)23-11-8-16(9-12-23)19(24)21-10-7-15-3-5-17(20)6-4-15/h3-6,16H,7-12H2,1-2H3,(H,21,24). The van der Waals surface area contributed by atoms with Crippen LogP contribution in [0.15, 0.2) is 33.7 Å². The number of amides is 1. The van der Waals surface area contributed by atoms with Gasteiger partial charge in [-0.3, -0.25) is 4.79 Å². The molecule has 0 unspecified atom stereocenters. The third kappa shape index (κ3) is 4.41. The fourth-order valence-electron chi connectivity index (χ4n) is 3.46. The van der Waals surface area contributed by atoms with Gasteiger partial charge in [0.25, 0.3) is 0 Å². The average Bonchev–Trinajstić information content (AvgIpc) is 3.02. The van der Waals surface area contributed by atoms with Gasteiger partial charge in [0.1, 0.15) is 16.4 Å². The van der Waals surface area contributed by atoms with E-state index < -0.39 is 10.0 Å². The van der Waals surface area contributed by atoms with Crippen molar-refractivity contribution < 1.29 is 22.1 Å². The van der Waals surface area contributed by atoms with Crippen molar-refractivity contribution in [3.63, 3.8) is 0 Å². The van der Waals surface area contributed by atoms with Crippen LogP contribution in [0.2, 0.25) is 0 Å². The molecular formula is C19H24FN3O4S. The van der Waals surface area contributed by atoms with Gasteiger partial charge in [-0.05, 0) is 50.8 Å². The van der Waals surface area contributed by atoms with E-state index in [0.29, 0.717) is 31.5 Å². The quantitative estimate of drug-likeness (QED) is 0.790. The molecule has 0 aliphatic carbocycles. The molecule has 1 aromatic carbocycles. The molecule has 0 atom stereocenters. The number of rotatable bonds is 6. The second-order valence-electron chi connectivity index (χ2n) is 7.00. The molecule has 9 heteroatoms. The van der Waals surface area contributed by atoms with E-state index in [1.54, 1.807) is 26.0 Å². The Kier molecular flexibility index (Phi) is 6.14. The minimum absolute atomic E-state index is 0.0727. The maximum atomic E-state index is 12.9. The van der Waals surface area contributed by atoms with Crippen molar-refractivity contribution >= 4 is 15.9 Å². The summed E-state index contributed by atoms with van der Waals surface area (Å²) in [5.41, 5.74) is 1.29. The molecule has 1 aromatic heterocycles. The Morgan fingerprint density at radius 2 is 1.89 bits per heavy atom. The maximum absolute atomic E-state index is 12.9. The van der Waals surface area contributed by atoms with E-state index >= 15 is 0 Å². The average molecular weight is 409 g/mol. The van der Waals surface area contributed by atoms with Gasteiger partial charge in [-0.2, -0.15) is 4.31 Å². The van der Waals surface area contributed by atoms with Crippen molar-refractivity contribution in [2.24, 2.45) is 5.92 Å². The number of aromatic nitrogens is 1. The van der Waals surface area contributed by atoms with E-state index in [4.69, 9.17) is 4.52 Å². The second-order valence-corrected chi connectivity index (χ2v) is 8.87. The van der Waals surface area contributed by atoms with Crippen LogP contribution in [-0.2, 0) is 21.2 Å². The van der Waals surface area contributed by atoms with Gasteiger partial charge in [-0.25, -0.2) is 12.8 Å². The van der Waals surface area contributed by atoms with Gasteiger partial charge >= 0.3 is 0 Å². The molecule has 152 valence electrons. The molecule has 0 radical (unpaired) electrons. The highest BCUT2D eigenvalue weighted by Gasteiger charge is 2.35. The summed E-state index contributed by atoms with van der Waals surface area (Å²) in [7, 11) is -3.67. The Morgan fingerprint density at radius 1 is 1.25 bits per heavy atom. The van der Waals surface area contributed by atoms with E-state index in [1.165, 1.54) is 16.4 Å². The van der Waals surface area contributed by atoms with E-state index in [2.05, 4.69) is 10.5 Å². The van der Waals surface area contributed by atoms with Crippen molar-refractivity contribution in [1.29, 1.82) is 0 Å². The summed E-state index contributed by atoms with van der Waals surface area (Å²) in [4.78, 5) is 12.5. The summed E-state index contributed by atoms with van der Waals surface area (Å²) < 4.78 is 44.9. The van der Waals surface area contributed by atoms with Crippen molar-refractivity contribution in [2.75, 3.05) is 19.6 Å². The summed E-state index contributed by atoms with van der Waals surface area (Å²) >= 11 is 0. The van der Waals surface area contributed by atoms with Crippen LogP contribution in [0, 0.1) is 25.6 Å². The molecule has 7 nitrogen and oxygen atoms in total. The van der Waals surface area contributed by atoms with Gasteiger partial charge in [0, 0.05) is 25.6 Å². The molecule has 0 saturated carbocycles. The van der Waals surface area contributed by atoms with Crippen molar-refractivity contribution in [1.82, 2.24) is 14.8 Å². The highest BCUT2D eigenvalue weighted by Crippen LogP contribution is 2.27. The van der Waals surface area contributed by atoms with Gasteiger partial charge < -0.3 is 9.84 Å². The van der Waals surface area contributed by atoms with Crippen LogP contribution in [0.5, 0.6) is 0 Å². The smallest absolute Gasteiger partial charge is 0.248 e. The van der Waals surface area contributed by atoms with Crippen LogP contribution < -0.4 is 5.32 Å². The number of sulfonamides is 1. The lowest BCUT2D eigenvalue weighted by atomic mass is 9.97. The predicted molar refractivity (Wildman–Crippen MR) is 101 cm³/mol. The lowest BCUT2D eigenvalue weighted by Crippen LogP contribution is -2.43. The summed E-state index contributed by atoms with van der Waals surface area (Å²) in [5.74, 6) is -0.301. The number of piperidine rings is 1. The van der Waals surface area contributed by atoms with Crippen LogP contribution in [-0.4, -0.2) is 43.4 Å². The first-order valence-corrected chi connectivity index (χ1v) is 10.7. The first kappa shape index (κ1) is 20.5. The van der Waals surface area contributed by atoms with Crippen LogP contribution >= 0.6 is 0 Å². The Balaban J connectivity index is 1.50. The monoisotopic (exact) mass is 409 g/mol. The highest BCUT2D eigenvalue weighted by molar-refractivity contribution is 7.89. The summed E-state index contributed by atoms with van der Waals surface area (Å²) in [6.45, 7) is 4.20. The molecule has 2 aromatic rings. The van der Waals surface area contributed by atoms with Crippen LogP contribution in [0.3, 0.4) is 0 Å². The Labute approximate surface area is 163 Å². The first-order valence-electron chi connectivity index (χ1n) is 9.24. The van der Waals surface area contributed by atoms with E-state index in [9.17, 15) is 17.6 Å². The van der Waals surface area contributed by atoms with Gasteiger partial charge in [0.2, 0.25) is 15.9 Å². The minimum atomic E-state index is -3.67. The number of halogens is 1. The van der Waals surface area contributed by atoms with Crippen molar-refractivity contribution in [2.45, 2.75) is 38.0 Å². The Morgan fingerprint density at radius 3 is 2.46 bits per heavy atom.